The summed E-state index contributed by atoms with van der Waals surface area (Å²) < 4.78 is 5.88. The van der Waals surface area contributed by atoms with E-state index in [2.05, 4.69) is 58.6 Å². The number of guanidine groups is 1. The van der Waals surface area contributed by atoms with Crippen molar-refractivity contribution in [3.63, 3.8) is 0 Å². The van der Waals surface area contributed by atoms with Gasteiger partial charge >= 0.3 is 0 Å². The van der Waals surface area contributed by atoms with Crippen LogP contribution in [0.3, 0.4) is 0 Å². The number of allylic oxidation sites excluding steroid dienone is 1. The molecule has 1 unspecified atom stereocenters. The van der Waals surface area contributed by atoms with Crippen LogP contribution in [-0.2, 0) is 11.3 Å². The van der Waals surface area contributed by atoms with Crippen LogP contribution >= 0.6 is 0 Å². The summed E-state index contributed by atoms with van der Waals surface area (Å²) in [6.45, 7) is 6.59. The highest BCUT2D eigenvalue weighted by atomic mass is 16.5. The van der Waals surface area contributed by atoms with Gasteiger partial charge in [0.25, 0.3) is 0 Å². The molecular weight excluding hydrogens is 286 g/mol. The number of hydrogen-bond donors (Lipinski definition) is 1. The number of nitrogens with one attached hydrogen (secondary N) is 1. The zero-order valence-electron chi connectivity index (χ0n) is 14.4. The molecule has 1 aromatic carbocycles. The van der Waals surface area contributed by atoms with Crippen LogP contribution in [0.15, 0.2) is 47.5 Å². The molecule has 0 aliphatic carbocycles. The molecule has 1 aromatic rings. The average molecular weight is 315 g/mol. The van der Waals surface area contributed by atoms with E-state index in [-0.39, 0.29) is 0 Å². The van der Waals surface area contributed by atoms with Gasteiger partial charge in [0, 0.05) is 32.6 Å². The predicted molar refractivity (Wildman–Crippen MR) is 96.6 cm³/mol. The Labute approximate surface area is 140 Å². The number of rotatable bonds is 7. The maximum atomic E-state index is 5.88. The van der Waals surface area contributed by atoms with Crippen LogP contribution in [0.5, 0.6) is 0 Å². The van der Waals surface area contributed by atoms with Gasteiger partial charge in [0.2, 0.25) is 0 Å². The Morgan fingerprint density at radius 1 is 1.39 bits per heavy atom. The van der Waals surface area contributed by atoms with E-state index in [0.717, 1.165) is 38.6 Å². The fourth-order valence-corrected chi connectivity index (χ4v) is 2.84. The van der Waals surface area contributed by atoms with Crippen LogP contribution in [0.1, 0.15) is 25.3 Å². The van der Waals surface area contributed by atoms with Crippen LogP contribution in [-0.4, -0.2) is 44.1 Å². The Bertz CT molecular complexity index is 499. The first-order valence-electron chi connectivity index (χ1n) is 8.52. The zero-order valence-corrected chi connectivity index (χ0v) is 14.4. The summed E-state index contributed by atoms with van der Waals surface area (Å²) in [4.78, 5) is 6.74. The summed E-state index contributed by atoms with van der Waals surface area (Å²) >= 11 is 0. The summed E-state index contributed by atoms with van der Waals surface area (Å²) in [6.07, 6.45) is 6.46. The minimum atomic E-state index is 0.591. The number of benzene rings is 1. The number of aliphatic imine (C=N–C) groups is 1. The van der Waals surface area contributed by atoms with Crippen molar-refractivity contribution in [1.82, 2.24) is 10.2 Å². The number of ether oxygens (including phenoxy) is 1. The summed E-state index contributed by atoms with van der Waals surface area (Å²) in [5.41, 5.74) is 1.24. The number of likely N-dealkylation sites (tertiary alicyclic amines) is 1. The van der Waals surface area contributed by atoms with Gasteiger partial charge in [0.15, 0.2) is 5.96 Å². The molecule has 1 saturated heterocycles. The molecule has 2 rings (SSSR count). The van der Waals surface area contributed by atoms with Gasteiger partial charge in [-0.05, 0) is 25.3 Å². The van der Waals surface area contributed by atoms with Gasteiger partial charge in [0.05, 0.1) is 13.2 Å². The fraction of sp³-hybridized carbons (Fsp3) is 0.526. The average Bonchev–Trinajstić information content (AvgIpc) is 3.05. The molecule has 1 aliphatic rings. The minimum absolute atomic E-state index is 0.591. The lowest BCUT2D eigenvalue weighted by molar-refractivity contribution is 0.0907. The summed E-state index contributed by atoms with van der Waals surface area (Å²) in [5, 5.41) is 3.43. The highest BCUT2D eigenvalue weighted by Gasteiger charge is 2.24. The smallest absolute Gasteiger partial charge is 0.193 e. The van der Waals surface area contributed by atoms with E-state index in [4.69, 9.17) is 4.74 Å². The van der Waals surface area contributed by atoms with Crippen LogP contribution in [0.4, 0.5) is 0 Å². The second-order valence-corrected chi connectivity index (χ2v) is 5.93. The molecule has 23 heavy (non-hydrogen) atoms. The maximum Gasteiger partial charge on any atom is 0.193 e. The molecule has 1 aliphatic heterocycles. The highest BCUT2D eigenvalue weighted by molar-refractivity contribution is 5.80. The van der Waals surface area contributed by atoms with Crippen LogP contribution in [0.2, 0.25) is 0 Å². The molecule has 0 bridgehead atoms. The zero-order chi connectivity index (χ0) is 16.3. The first kappa shape index (κ1) is 17.5. The van der Waals surface area contributed by atoms with Crippen molar-refractivity contribution in [1.29, 1.82) is 0 Å². The van der Waals surface area contributed by atoms with Gasteiger partial charge in [-0.2, -0.15) is 0 Å². The lowest BCUT2D eigenvalue weighted by Crippen LogP contribution is -2.40. The van der Waals surface area contributed by atoms with E-state index in [1.165, 1.54) is 12.0 Å². The maximum absolute atomic E-state index is 5.88. The molecule has 0 saturated carbocycles. The third-order valence-electron chi connectivity index (χ3n) is 4.09. The normalized spacial score (nSPS) is 18.8. The van der Waals surface area contributed by atoms with Crippen molar-refractivity contribution in [2.24, 2.45) is 10.9 Å². The molecule has 4 heteroatoms. The van der Waals surface area contributed by atoms with Crippen molar-refractivity contribution in [2.45, 2.75) is 26.4 Å². The second-order valence-electron chi connectivity index (χ2n) is 5.93. The van der Waals surface area contributed by atoms with Crippen molar-refractivity contribution >= 4 is 5.96 Å². The van der Waals surface area contributed by atoms with Gasteiger partial charge in [-0.1, -0.05) is 42.5 Å². The van der Waals surface area contributed by atoms with Crippen molar-refractivity contribution < 1.29 is 4.74 Å². The van der Waals surface area contributed by atoms with Crippen molar-refractivity contribution in [3.8, 4) is 0 Å². The molecule has 1 atom stereocenters. The third-order valence-corrected chi connectivity index (χ3v) is 4.09. The van der Waals surface area contributed by atoms with E-state index in [1.807, 2.05) is 13.1 Å². The molecule has 0 spiro atoms. The molecule has 1 fully saturated rings. The molecule has 126 valence electrons. The van der Waals surface area contributed by atoms with Crippen LogP contribution in [0, 0.1) is 5.92 Å². The van der Waals surface area contributed by atoms with Gasteiger partial charge in [-0.15, -0.1) is 0 Å². The number of nitrogens with zero attached hydrogens (tertiary/aromatic N) is 2. The van der Waals surface area contributed by atoms with Gasteiger partial charge in [0.1, 0.15) is 0 Å². The Morgan fingerprint density at radius 2 is 2.22 bits per heavy atom. The predicted octanol–water partition coefficient (Wildman–Crippen LogP) is 3.07. The summed E-state index contributed by atoms with van der Waals surface area (Å²) in [5.74, 6) is 1.60. The molecule has 1 N–H and O–H groups in total. The van der Waals surface area contributed by atoms with Crippen LogP contribution in [0.25, 0.3) is 0 Å². The second kappa shape index (κ2) is 10.1. The quantitative estimate of drug-likeness (QED) is 0.364. The molecule has 0 aromatic heterocycles. The van der Waals surface area contributed by atoms with E-state index in [1.54, 1.807) is 0 Å². The fourth-order valence-electron chi connectivity index (χ4n) is 2.84. The Hall–Kier alpha value is -1.81. The Kier molecular flexibility index (Phi) is 7.67. The molecule has 1 heterocycles. The van der Waals surface area contributed by atoms with Gasteiger partial charge < -0.3 is 15.0 Å². The summed E-state index contributed by atoms with van der Waals surface area (Å²) in [6, 6.07) is 10.4. The number of hydrogen-bond acceptors (Lipinski definition) is 2. The Morgan fingerprint density at radius 3 is 2.96 bits per heavy atom. The van der Waals surface area contributed by atoms with Crippen molar-refractivity contribution in [2.75, 3.05) is 33.3 Å². The van der Waals surface area contributed by atoms with Gasteiger partial charge in [-0.3, -0.25) is 4.99 Å². The first-order valence-corrected chi connectivity index (χ1v) is 8.52. The van der Waals surface area contributed by atoms with E-state index < -0.39 is 0 Å². The van der Waals surface area contributed by atoms with E-state index in [9.17, 15) is 0 Å². The highest BCUT2D eigenvalue weighted by Crippen LogP contribution is 2.17. The molecule has 0 amide bonds. The van der Waals surface area contributed by atoms with Crippen LogP contribution < -0.4 is 5.32 Å². The van der Waals surface area contributed by atoms with E-state index >= 15 is 0 Å². The lowest BCUT2D eigenvalue weighted by Gasteiger charge is -2.21. The molecule has 0 radical (unpaired) electrons. The lowest BCUT2D eigenvalue weighted by atomic mass is 10.1. The minimum Gasteiger partial charge on any atom is -0.376 e. The van der Waals surface area contributed by atoms with Gasteiger partial charge in [-0.25, -0.2) is 0 Å². The van der Waals surface area contributed by atoms with Crippen molar-refractivity contribution in [3.05, 3.63) is 48.0 Å². The monoisotopic (exact) mass is 315 g/mol. The first-order chi connectivity index (χ1) is 11.3. The topological polar surface area (TPSA) is 36.9 Å². The van der Waals surface area contributed by atoms with E-state index in [0.29, 0.717) is 12.5 Å². The molecular formula is C19H29N3O. The standard InChI is InChI=1S/C19H29N3O/c1-3-4-8-12-21-19(20-2)22-13-11-18(14-22)16-23-15-17-9-6-5-7-10-17/h3-7,9-10,18H,8,11-16H2,1-2H3,(H,20,21)/b4-3+. The largest absolute Gasteiger partial charge is 0.376 e. The third kappa shape index (κ3) is 6.06. The summed E-state index contributed by atoms with van der Waals surface area (Å²) in [7, 11) is 1.86. The SMILES string of the molecule is C/C=C/CCNC(=NC)N1CCC(COCc2ccccc2)C1. The Balaban J connectivity index is 1.68. The molecule has 4 nitrogen and oxygen atoms in total.